The van der Waals surface area contributed by atoms with Gasteiger partial charge >= 0.3 is 6.09 Å². The van der Waals surface area contributed by atoms with Crippen LogP contribution in [0.15, 0.2) is 24.3 Å². The molecule has 178 valence electrons. The van der Waals surface area contributed by atoms with E-state index in [0.717, 1.165) is 11.0 Å². The van der Waals surface area contributed by atoms with Crippen LogP contribution in [0.1, 0.15) is 58.6 Å². The molecule has 0 unspecified atom stereocenters. The molecule has 3 N–H and O–H groups in total. The summed E-state index contributed by atoms with van der Waals surface area (Å²) in [6.45, 7) is 12.1. The quantitative estimate of drug-likeness (QED) is 0.657. The van der Waals surface area contributed by atoms with Gasteiger partial charge in [-0.25, -0.2) is 9.78 Å². The van der Waals surface area contributed by atoms with E-state index in [1.54, 1.807) is 9.80 Å². The van der Waals surface area contributed by atoms with Crippen LogP contribution in [0.3, 0.4) is 0 Å². The summed E-state index contributed by atoms with van der Waals surface area (Å²) < 4.78 is 0. The lowest BCUT2D eigenvalue weighted by Gasteiger charge is -2.54. The second-order valence-corrected chi connectivity index (χ2v) is 11.2. The number of para-hydroxylation sites is 2. The minimum absolute atomic E-state index is 0.123. The van der Waals surface area contributed by atoms with Gasteiger partial charge in [-0.15, -0.1) is 0 Å². The van der Waals surface area contributed by atoms with Gasteiger partial charge in [0.05, 0.1) is 23.1 Å². The van der Waals surface area contributed by atoms with E-state index in [2.05, 4.69) is 15.3 Å². The largest absolute Gasteiger partial charge is 0.465 e. The Balaban J connectivity index is 1.59. The molecule has 9 nitrogen and oxygen atoms in total. The first-order valence-electron chi connectivity index (χ1n) is 11.3. The van der Waals surface area contributed by atoms with Gasteiger partial charge < -0.3 is 25.2 Å². The number of aromatic nitrogens is 2. The Morgan fingerprint density at radius 2 is 1.58 bits per heavy atom. The second kappa shape index (κ2) is 7.46. The Hall–Kier alpha value is -3.10. The monoisotopic (exact) mass is 455 g/mol. The maximum Gasteiger partial charge on any atom is 0.405 e. The Morgan fingerprint density at radius 3 is 2.09 bits per heavy atom. The number of likely N-dealkylation sites (tertiary alicyclic amines) is 2. The summed E-state index contributed by atoms with van der Waals surface area (Å²) in [5.41, 5.74) is -1.13. The first-order valence-corrected chi connectivity index (χ1v) is 11.3. The third-order valence-corrected chi connectivity index (χ3v) is 7.22. The molecule has 1 aromatic heterocycles. The van der Waals surface area contributed by atoms with Gasteiger partial charge in [0.1, 0.15) is 5.54 Å². The second-order valence-electron chi connectivity index (χ2n) is 11.2. The zero-order chi connectivity index (χ0) is 24.3. The van der Waals surface area contributed by atoms with Gasteiger partial charge in [0.25, 0.3) is 5.91 Å². The SMILES string of the molecule is CC(C)(C)C(NC(=O)O)(C(=O)N1C[C@@H]2C[C@H]1CN2C(=O)c1nc2ccccc2[nH]1)C(C)(C)C. The molecule has 2 aliphatic heterocycles. The van der Waals surface area contributed by atoms with Crippen molar-refractivity contribution in [2.45, 2.75) is 65.6 Å². The molecule has 9 heteroatoms. The first kappa shape index (κ1) is 23.1. The van der Waals surface area contributed by atoms with Crippen molar-refractivity contribution in [2.24, 2.45) is 10.8 Å². The highest BCUT2D eigenvalue weighted by atomic mass is 16.4. The maximum atomic E-state index is 14.0. The number of aromatic amines is 1. The Labute approximate surface area is 193 Å². The summed E-state index contributed by atoms with van der Waals surface area (Å²) in [4.78, 5) is 50.1. The van der Waals surface area contributed by atoms with Crippen LogP contribution in [0.25, 0.3) is 11.0 Å². The fraction of sp³-hybridized carbons (Fsp3) is 0.583. The van der Waals surface area contributed by atoms with Gasteiger partial charge in [-0.3, -0.25) is 9.59 Å². The number of carboxylic acid groups (broad SMARTS) is 1. The highest BCUT2D eigenvalue weighted by molar-refractivity contribution is 5.96. The van der Waals surface area contributed by atoms with Crippen LogP contribution in [-0.4, -0.2) is 73.5 Å². The van der Waals surface area contributed by atoms with E-state index < -0.39 is 22.5 Å². The zero-order valence-corrected chi connectivity index (χ0v) is 20.1. The number of carbonyl (C=O) groups excluding carboxylic acids is 2. The predicted octanol–water partition coefficient (Wildman–Crippen LogP) is 3.09. The number of amides is 3. The normalized spacial score (nSPS) is 21.0. The molecule has 1 aromatic carbocycles. The molecule has 2 aliphatic rings. The standard InChI is InChI=1S/C24H33N5O4/c1-22(2,3)24(23(4,5)6,27-21(32)33)20(31)29-13-14-11-15(29)12-28(14)19(30)18-25-16-9-7-8-10-17(16)26-18/h7-10,14-15,27H,11-13H2,1-6H3,(H,25,26)(H,32,33)/t14-,15-/m0/s1. The van der Waals surface area contributed by atoms with Gasteiger partial charge in [-0.05, 0) is 29.4 Å². The van der Waals surface area contributed by atoms with Crippen LogP contribution in [0.2, 0.25) is 0 Å². The zero-order valence-electron chi connectivity index (χ0n) is 20.1. The van der Waals surface area contributed by atoms with Crippen molar-refractivity contribution in [3.63, 3.8) is 0 Å². The van der Waals surface area contributed by atoms with E-state index in [0.29, 0.717) is 25.3 Å². The smallest absolute Gasteiger partial charge is 0.405 e. The molecule has 2 aromatic rings. The van der Waals surface area contributed by atoms with Crippen LogP contribution in [-0.2, 0) is 4.79 Å². The van der Waals surface area contributed by atoms with E-state index in [4.69, 9.17) is 0 Å². The number of benzene rings is 1. The van der Waals surface area contributed by atoms with Crippen molar-refractivity contribution < 1.29 is 19.5 Å². The van der Waals surface area contributed by atoms with Crippen molar-refractivity contribution in [3.8, 4) is 0 Å². The van der Waals surface area contributed by atoms with Crippen LogP contribution in [0, 0.1) is 10.8 Å². The molecule has 0 radical (unpaired) electrons. The molecular weight excluding hydrogens is 422 g/mol. The van der Waals surface area contributed by atoms with Crippen molar-refractivity contribution in [1.82, 2.24) is 25.1 Å². The number of nitrogens with one attached hydrogen (secondary N) is 2. The van der Waals surface area contributed by atoms with E-state index in [1.165, 1.54) is 0 Å². The Morgan fingerprint density at radius 1 is 1.00 bits per heavy atom. The van der Waals surface area contributed by atoms with Crippen LogP contribution >= 0.6 is 0 Å². The van der Waals surface area contributed by atoms with Crippen molar-refractivity contribution in [3.05, 3.63) is 30.1 Å². The molecule has 2 bridgehead atoms. The number of piperazine rings is 1. The molecular formula is C24H33N5O4. The third kappa shape index (κ3) is 3.54. The van der Waals surface area contributed by atoms with E-state index in [1.807, 2.05) is 65.8 Å². The topological polar surface area (TPSA) is 119 Å². The van der Waals surface area contributed by atoms with Gasteiger partial charge in [-0.1, -0.05) is 53.7 Å². The van der Waals surface area contributed by atoms with E-state index >= 15 is 0 Å². The third-order valence-electron chi connectivity index (χ3n) is 7.22. The number of nitrogens with zero attached hydrogens (tertiary/aromatic N) is 3. The molecule has 0 aliphatic carbocycles. The molecule has 2 atom stereocenters. The average Bonchev–Trinajstić information content (AvgIpc) is 3.42. The summed E-state index contributed by atoms with van der Waals surface area (Å²) in [6, 6.07) is 7.22. The molecule has 3 amide bonds. The minimum Gasteiger partial charge on any atom is -0.465 e. The lowest BCUT2D eigenvalue weighted by atomic mass is 9.59. The summed E-state index contributed by atoms with van der Waals surface area (Å²) in [5.74, 6) is -0.103. The number of hydrogen-bond acceptors (Lipinski definition) is 4. The first-order chi connectivity index (χ1) is 15.3. The molecule has 33 heavy (non-hydrogen) atoms. The van der Waals surface area contributed by atoms with Crippen molar-refractivity contribution in [2.75, 3.05) is 13.1 Å². The van der Waals surface area contributed by atoms with Gasteiger partial charge in [-0.2, -0.15) is 0 Å². The summed E-state index contributed by atoms with van der Waals surface area (Å²) in [6.07, 6.45) is -0.547. The molecule has 2 fully saturated rings. The minimum atomic E-state index is -1.33. The molecule has 0 spiro atoms. The van der Waals surface area contributed by atoms with Crippen LogP contribution in [0.5, 0.6) is 0 Å². The number of imidazole rings is 1. The summed E-state index contributed by atoms with van der Waals surface area (Å²) >= 11 is 0. The molecule has 4 rings (SSSR count). The number of fused-ring (bicyclic) bond motifs is 3. The fourth-order valence-electron chi connectivity index (χ4n) is 5.93. The highest BCUT2D eigenvalue weighted by Crippen LogP contribution is 2.47. The van der Waals surface area contributed by atoms with Crippen molar-refractivity contribution >= 4 is 28.9 Å². The van der Waals surface area contributed by atoms with E-state index in [-0.39, 0.29) is 23.9 Å². The van der Waals surface area contributed by atoms with Gasteiger partial charge in [0.2, 0.25) is 5.91 Å². The number of H-pyrrole nitrogens is 1. The lowest BCUT2D eigenvalue weighted by molar-refractivity contribution is -0.152. The van der Waals surface area contributed by atoms with Crippen molar-refractivity contribution in [1.29, 1.82) is 0 Å². The Kier molecular flexibility index (Phi) is 5.22. The summed E-state index contributed by atoms with van der Waals surface area (Å²) in [5, 5.41) is 12.3. The molecule has 2 saturated heterocycles. The van der Waals surface area contributed by atoms with Crippen LogP contribution in [0.4, 0.5) is 4.79 Å². The van der Waals surface area contributed by atoms with E-state index in [9.17, 15) is 19.5 Å². The van der Waals surface area contributed by atoms with Crippen LogP contribution < -0.4 is 5.32 Å². The number of hydrogen-bond donors (Lipinski definition) is 3. The molecule has 0 saturated carbocycles. The molecule has 3 heterocycles. The number of rotatable bonds is 3. The average molecular weight is 456 g/mol. The number of carbonyl (C=O) groups is 3. The highest BCUT2D eigenvalue weighted by Gasteiger charge is 2.61. The Bertz CT molecular complexity index is 1060. The summed E-state index contributed by atoms with van der Waals surface area (Å²) in [7, 11) is 0. The predicted molar refractivity (Wildman–Crippen MR) is 124 cm³/mol. The van der Waals surface area contributed by atoms with Gasteiger partial charge in [0.15, 0.2) is 5.82 Å². The van der Waals surface area contributed by atoms with Gasteiger partial charge in [0, 0.05) is 13.1 Å². The fourth-order valence-corrected chi connectivity index (χ4v) is 5.93. The maximum absolute atomic E-state index is 14.0. The lowest BCUT2D eigenvalue weighted by Crippen LogP contribution is -2.73.